The second kappa shape index (κ2) is 9.83. The van der Waals surface area contributed by atoms with E-state index in [-0.39, 0.29) is 29.5 Å². The van der Waals surface area contributed by atoms with Gasteiger partial charge in [-0.05, 0) is 41.2 Å². The van der Waals surface area contributed by atoms with E-state index >= 15 is 0 Å². The Hall–Kier alpha value is -0.0400. The zero-order chi connectivity index (χ0) is 13.5. The second-order valence-corrected chi connectivity index (χ2v) is 5.61. The summed E-state index contributed by atoms with van der Waals surface area (Å²) in [5, 5.41) is 6.68. The molecule has 1 unspecified atom stereocenters. The van der Waals surface area contributed by atoms with Crippen molar-refractivity contribution in [3.8, 4) is 0 Å². The zero-order valence-corrected chi connectivity index (χ0v) is 15.3. The summed E-state index contributed by atoms with van der Waals surface area (Å²) < 4.78 is 0. The van der Waals surface area contributed by atoms with Gasteiger partial charge in [-0.2, -0.15) is 0 Å². The molecule has 0 fully saturated rings. The summed E-state index contributed by atoms with van der Waals surface area (Å²) in [5.74, 6) is 0.870. The van der Waals surface area contributed by atoms with Gasteiger partial charge in [-0.15, -0.1) is 24.0 Å². The van der Waals surface area contributed by atoms with Crippen molar-refractivity contribution in [3.63, 3.8) is 0 Å². The molecule has 0 bridgehead atoms. The smallest absolute Gasteiger partial charge is 0.191 e. The molecule has 0 rings (SSSR count). The highest BCUT2D eigenvalue weighted by molar-refractivity contribution is 14.0. The van der Waals surface area contributed by atoms with Crippen molar-refractivity contribution in [3.05, 3.63) is 0 Å². The molecule has 0 aromatic heterocycles. The molecule has 0 aliphatic carbocycles. The number of rotatable bonds is 5. The quantitative estimate of drug-likeness (QED) is 0.443. The van der Waals surface area contributed by atoms with Crippen LogP contribution in [0.15, 0.2) is 4.99 Å². The van der Waals surface area contributed by atoms with Gasteiger partial charge >= 0.3 is 0 Å². The Morgan fingerprint density at radius 3 is 2.28 bits per heavy atom. The number of halogens is 1. The summed E-state index contributed by atoms with van der Waals surface area (Å²) in [6.45, 7) is 12.8. The van der Waals surface area contributed by atoms with Gasteiger partial charge in [0.1, 0.15) is 0 Å². The van der Waals surface area contributed by atoms with Gasteiger partial charge in [0, 0.05) is 31.7 Å². The Bertz CT molecular complexity index is 236. The molecule has 1 atom stereocenters. The van der Waals surface area contributed by atoms with Crippen molar-refractivity contribution < 1.29 is 0 Å². The van der Waals surface area contributed by atoms with Crippen LogP contribution < -0.4 is 10.6 Å². The van der Waals surface area contributed by atoms with E-state index in [1.807, 2.05) is 0 Å². The van der Waals surface area contributed by atoms with Crippen molar-refractivity contribution in [1.29, 1.82) is 0 Å². The van der Waals surface area contributed by atoms with Gasteiger partial charge in [-0.3, -0.25) is 4.99 Å². The third kappa shape index (κ3) is 9.94. The highest BCUT2D eigenvalue weighted by Crippen LogP contribution is 1.99. The van der Waals surface area contributed by atoms with Crippen molar-refractivity contribution in [2.75, 3.05) is 27.2 Å². The Kier molecular flexibility index (Phi) is 11.1. The molecule has 2 N–H and O–H groups in total. The van der Waals surface area contributed by atoms with Crippen LogP contribution in [0.5, 0.6) is 0 Å². The summed E-state index contributed by atoms with van der Waals surface area (Å²) in [5.41, 5.74) is 0.0461. The summed E-state index contributed by atoms with van der Waals surface area (Å²) in [4.78, 5) is 6.57. The third-order valence-corrected chi connectivity index (χ3v) is 2.82. The fraction of sp³-hybridized carbons (Fsp3) is 0.923. The van der Waals surface area contributed by atoms with Crippen LogP contribution in [0.4, 0.5) is 0 Å². The summed E-state index contributed by atoms with van der Waals surface area (Å²) in [6, 6.07) is 0.634. The van der Waals surface area contributed by atoms with E-state index in [0.717, 1.165) is 19.0 Å². The molecular formula is C13H31IN4. The van der Waals surface area contributed by atoms with Crippen LogP contribution in [-0.2, 0) is 0 Å². The first-order valence-electron chi connectivity index (χ1n) is 6.49. The molecule has 0 saturated heterocycles. The minimum absolute atomic E-state index is 0. The number of nitrogens with one attached hydrogen (secondary N) is 2. The molecule has 18 heavy (non-hydrogen) atoms. The fourth-order valence-electron chi connectivity index (χ4n) is 1.42. The van der Waals surface area contributed by atoms with E-state index in [2.05, 4.69) is 62.2 Å². The van der Waals surface area contributed by atoms with Crippen LogP contribution in [0, 0.1) is 0 Å². The lowest BCUT2D eigenvalue weighted by molar-refractivity contribution is 0.255. The third-order valence-electron chi connectivity index (χ3n) is 2.82. The number of nitrogens with zero attached hydrogens (tertiary/aromatic N) is 2. The van der Waals surface area contributed by atoms with E-state index in [1.54, 1.807) is 7.05 Å². The Labute approximate surface area is 130 Å². The van der Waals surface area contributed by atoms with Crippen LogP contribution >= 0.6 is 24.0 Å². The minimum atomic E-state index is 0. The average Bonchev–Trinajstić information content (AvgIpc) is 2.24. The topological polar surface area (TPSA) is 39.7 Å². The van der Waals surface area contributed by atoms with Crippen LogP contribution in [0.2, 0.25) is 0 Å². The lowest BCUT2D eigenvalue weighted by atomic mass is 10.1. The van der Waals surface area contributed by atoms with Gasteiger partial charge in [0.2, 0.25) is 0 Å². The number of hydrogen-bond donors (Lipinski definition) is 2. The molecule has 5 heteroatoms. The van der Waals surface area contributed by atoms with Gasteiger partial charge in [0.05, 0.1) is 0 Å². The normalized spacial score (nSPS) is 14.1. The van der Waals surface area contributed by atoms with E-state index < -0.39 is 0 Å². The predicted molar refractivity (Wildman–Crippen MR) is 92.0 cm³/mol. The lowest BCUT2D eigenvalue weighted by Crippen LogP contribution is -2.49. The first-order valence-corrected chi connectivity index (χ1v) is 6.49. The van der Waals surface area contributed by atoms with Crippen LogP contribution in [0.3, 0.4) is 0 Å². The van der Waals surface area contributed by atoms with Crippen molar-refractivity contribution >= 4 is 29.9 Å². The van der Waals surface area contributed by atoms with Crippen LogP contribution in [0.1, 0.15) is 41.0 Å². The number of guanidine groups is 1. The first-order chi connectivity index (χ1) is 7.80. The summed E-state index contributed by atoms with van der Waals surface area (Å²) in [7, 11) is 3.97. The van der Waals surface area contributed by atoms with E-state index in [9.17, 15) is 0 Å². The number of aliphatic imine (C=N–C) groups is 1. The highest BCUT2D eigenvalue weighted by Gasteiger charge is 2.12. The maximum absolute atomic E-state index is 4.21. The van der Waals surface area contributed by atoms with Gasteiger partial charge in [0.25, 0.3) is 0 Å². The molecule has 0 radical (unpaired) electrons. The van der Waals surface area contributed by atoms with Crippen LogP contribution in [-0.4, -0.2) is 49.6 Å². The maximum atomic E-state index is 4.21. The molecular weight excluding hydrogens is 339 g/mol. The van der Waals surface area contributed by atoms with Gasteiger partial charge in [0.15, 0.2) is 5.96 Å². The molecule has 0 aromatic carbocycles. The molecule has 0 aromatic rings. The SMILES string of the molecule is CCC(C)N(C)CCNC(=NC)NC(C)(C)C.I. The molecule has 0 saturated carbocycles. The standard InChI is InChI=1S/C13H30N4.HI/c1-8-11(2)17(7)10-9-15-12(14-6)16-13(3,4)5;/h11H,8-10H2,1-7H3,(H2,14,15,16);1H. The Morgan fingerprint density at radius 1 is 1.33 bits per heavy atom. The summed E-state index contributed by atoms with van der Waals surface area (Å²) >= 11 is 0. The molecule has 110 valence electrons. The minimum Gasteiger partial charge on any atom is -0.355 e. The number of likely N-dealkylation sites (N-methyl/N-ethyl adjacent to an activating group) is 1. The molecule has 0 heterocycles. The van der Waals surface area contributed by atoms with Gasteiger partial charge in [-0.25, -0.2) is 0 Å². The first kappa shape index (κ1) is 20.3. The largest absolute Gasteiger partial charge is 0.355 e. The van der Waals surface area contributed by atoms with E-state index in [0.29, 0.717) is 6.04 Å². The predicted octanol–water partition coefficient (Wildman–Crippen LogP) is 2.30. The summed E-state index contributed by atoms with van der Waals surface area (Å²) in [6.07, 6.45) is 1.19. The molecule has 0 aliphatic heterocycles. The lowest BCUT2D eigenvalue weighted by Gasteiger charge is -2.26. The van der Waals surface area contributed by atoms with E-state index in [1.165, 1.54) is 6.42 Å². The average molecular weight is 370 g/mol. The van der Waals surface area contributed by atoms with Crippen LogP contribution in [0.25, 0.3) is 0 Å². The van der Waals surface area contributed by atoms with Gasteiger partial charge in [-0.1, -0.05) is 6.92 Å². The molecule has 0 spiro atoms. The monoisotopic (exact) mass is 370 g/mol. The molecule has 0 amide bonds. The van der Waals surface area contributed by atoms with Crippen molar-refractivity contribution in [2.45, 2.75) is 52.6 Å². The highest BCUT2D eigenvalue weighted by atomic mass is 127. The second-order valence-electron chi connectivity index (χ2n) is 5.61. The number of hydrogen-bond acceptors (Lipinski definition) is 2. The molecule has 4 nitrogen and oxygen atoms in total. The Balaban J connectivity index is 0. The van der Waals surface area contributed by atoms with Crippen molar-refractivity contribution in [2.24, 2.45) is 4.99 Å². The van der Waals surface area contributed by atoms with E-state index in [4.69, 9.17) is 0 Å². The fourth-order valence-corrected chi connectivity index (χ4v) is 1.42. The van der Waals surface area contributed by atoms with Crippen molar-refractivity contribution in [1.82, 2.24) is 15.5 Å². The Morgan fingerprint density at radius 2 is 1.89 bits per heavy atom. The maximum Gasteiger partial charge on any atom is 0.191 e. The molecule has 0 aliphatic rings. The zero-order valence-electron chi connectivity index (χ0n) is 13.0. The van der Waals surface area contributed by atoms with Gasteiger partial charge < -0.3 is 15.5 Å².